The first-order chi connectivity index (χ1) is 15.2. The molecule has 32 heavy (non-hydrogen) atoms. The van der Waals surface area contributed by atoms with Gasteiger partial charge in [-0.3, -0.25) is 9.59 Å². The van der Waals surface area contributed by atoms with Gasteiger partial charge in [-0.1, -0.05) is 24.3 Å². The van der Waals surface area contributed by atoms with E-state index in [-0.39, 0.29) is 22.4 Å². The van der Waals surface area contributed by atoms with Crippen LogP contribution in [0.25, 0.3) is 0 Å². The van der Waals surface area contributed by atoms with E-state index in [9.17, 15) is 22.8 Å². The maximum atomic E-state index is 13.4. The zero-order valence-corrected chi connectivity index (χ0v) is 16.6. The van der Waals surface area contributed by atoms with Gasteiger partial charge in [-0.15, -0.1) is 0 Å². The number of nitrogens with one attached hydrogen (secondary N) is 3. The average molecular weight is 441 g/mol. The number of amides is 2. The molecule has 7 nitrogen and oxygen atoms in total. The highest BCUT2D eigenvalue weighted by Gasteiger charge is 2.49. The summed E-state index contributed by atoms with van der Waals surface area (Å²) in [4.78, 5) is 26.8. The average Bonchev–Trinajstić information content (AvgIpc) is 2.76. The number of carbonyl (C=O) groups is 2. The van der Waals surface area contributed by atoms with Crippen LogP contribution < -0.4 is 5.32 Å². The number of hydrogen-bond acceptors (Lipinski definition) is 5. The molecule has 0 aromatic heterocycles. The topological polar surface area (TPSA) is 121 Å². The number of rotatable bonds is 6. The number of alkyl halides is 3. The lowest BCUT2D eigenvalue weighted by atomic mass is 9.77. The molecule has 2 amide bonds. The van der Waals surface area contributed by atoms with Crippen molar-refractivity contribution in [3.63, 3.8) is 0 Å². The first-order valence-corrected chi connectivity index (χ1v) is 9.49. The van der Waals surface area contributed by atoms with Gasteiger partial charge in [0, 0.05) is 29.6 Å². The molecule has 10 heteroatoms. The quantitative estimate of drug-likeness (QED) is 0.594. The van der Waals surface area contributed by atoms with Crippen molar-refractivity contribution >= 4 is 29.9 Å². The zero-order chi connectivity index (χ0) is 23.5. The molecule has 0 radical (unpaired) electrons. The summed E-state index contributed by atoms with van der Waals surface area (Å²) >= 11 is 0. The highest BCUT2D eigenvalue weighted by molar-refractivity contribution is 6.05. The van der Waals surface area contributed by atoms with Crippen molar-refractivity contribution in [1.29, 1.82) is 16.1 Å². The number of benzene rings is 2. The lowest BCUT2D eigenvalue weighted by molar-refractivity contribution is -0.148. The van der Waals surface area contributed by atoms with Gasteiger partial charge < -0.3 is 21.0 Å². The van der Waals surface area contributed by atoms with Crippen LogP contribution >= 0.6 is 0 Å². The minimum absolute atomic E-state index is 0.0485. The molecule has 2 aromatic rings. The number of nitriles is 1. The van der Waals surface area contributed by atoms with E-state index in [2.05, 4.69) is 5.32 Å². The minimum atomic E-state index is -4.75. The number of halogens is 3. The van der Waals surface area contributed by atoms with Crippen LogP contribution in [0.3, 0.4) is 0 Å². The van der Waals surface area contributed by atoms with Gasteiger partial charge in [0.25, 0.3) is 5.91 Å². The molecular weight excluding hydrogens is 423 g/mol. The standard InChI is InChI=1S/C22H18F3N5O2/c23-22(24,25)12-30-19(14(10-27)11-28)18(16-6-1-2-7-17(16)21(30)32)20(31)29-15-5-3-4-13(8-15)9-26/h1-8,10-11,14,18-19,27-28H,12H2,(H,29,31)/t14?,18-,19+/m0/s1. The molecule has 1 heterocycles. The maximum Gasteiger partial charge on any atom is 0.406 e. The van der Waals surface area contributed by atoms with E-state index in [1.807, 2.05) is 6.07 Å². The van der Waals surface area contributed by atoms with E-state index in [0.717, 1.165) is 12.4 Å². The number of hydrogen-bond donors (Lipinski definition) is 3. The summed E-state index contributed by atoms with van der Waals surface area (Å²) in [5.41, 5.74) is 0.691. The van der Waals surface area contributed by atoms with Gasteiger partial charge >= 0.3 is 6.18 Å². The zero-order valence-electron chi connectivity index (χ0n) is 16.6. The molecule has 0 saturated carbocycles. The Morgan fingerprint density at radius 1 is 1.19 bits per heavy atom. The van der Waals surface area contributed by atoms with E-state index in [1.165, 1.54) is 42.5 Å². The first-order valence-electron chi connectivity index (χ1n) is 9.49. The minimum Gasteiger partial charge on any atom is -0.325 e. The van der Waals surface area contributed by atoms with Gasteiger partial charge in [-0.05, 0) is 29.8 Å². The Labute approximate surface area is 181 Å². The van der Waals surface area contributed by atoms with E-state index in [4.69, 9.17) is 16.1 Å². The fourth-order valence-electron chi connectivity index (χ4n) is 3.85. The Hall–Kier alpha value is -4.00. The second-order valence-corrected chi connectivity index (χ2v) is 7.20. The van der Waals surface area contributed by atoms with Crippen molar-refractivity contribution in [3.8, 4) is 6.07 Å². The van der Waals surface area contributed by atoms with Crippen LogP contribution in [0.5, 0.6) is 0 Å². The third-order valence-electron chi connectivity index (χ3n) is 5.16. The van der Waals surface area contributed by atoms with Crippen molar-refractivity contribution < 1.29 is 22.8 Å². The molecule has 0 saturated heterocycles. The first kappa shape index (κ1) is 22.7. The third kappa shape index (κ3) is 4.51. The van der Waals surface area contributed by atoms with Crippen LogP contribution in [0, 0.1) is 28.1 Å². The normalized spacial score (nSPS) is 18.8. The van der Waals surface area contributed by atoms with Gasteiger partial charge in [0.15, 0.2) is 0 Å². The second-order valence-electron chi connectivity index (χ2n) is 7.20. The summed E-state index contributed by atoms with van der Waals surface area (Å²) in [5, 5.41) is 26.9. The molecule has 0 fully saturated rings. The lowest BCUT2D eigenvalue weighted by Crippen LogP contribution is -2.57. The van der Waals surface area contributed by atoms with E-state index in [1.54, 1.807) is 6.07 Å². The van der Waals surface area contributed by atoms with Crippen LogP contribution in [-0.2, 0) is 4.79 Å². The summed E-state index contributed by atoms with van der Waals surface area (Å²) in [5.74, 6) is -4.15. The predicted octanol–water partition coefficient (Wildman–Crippen LogP) is 3.58. The van der Waals surface area contributed by atoms with Crippen LogP contribution in [0.15, 0.2) is 48.5 Å². The van der Waals surface area contributed by atoms with Crippen LogP contribution in [0.1, 0.15) is 27.4 Å². The van der Waals surface area contributed by atoms with Crippen molar-refractivity contribution in [2.24, 2.45) is 5.92 Å². The Bertz CT molecular complexity index is 1100. The van der Waals surface area contributed by atoms with E-state index < -0.39 is 42.4 Å². The summed E-state index contributed by atoms with van der Waals surface area (Å²) in [7, 11) is 0. The highest BCUT2D eigenvalue weighted by Crippen LogP contribution is 2.38. The van der Waals surface area contributed by atoms with Crippen molar-refractivity contribution in [2.45, 2.75) is 18.1 Å². The molecule has 164 valence electrons. The molecule has 0 aliphatic carbocycles. The Kier molecular flexibility index (Phi) is 6.39. The summed E-state index contributed by atoms with van der Waals surface area (Å²) < 4.78 is 40.1. The van der Waals surface area contributed by atoms with Gasteiger partial charge in [0.2, 0.25) is 5.91 Å². The van der Waals surface area contributed by atoms with Crippen molar-refractivity contribution in [3.05, 3.63) is 65.2 Å². The van der Waals surface area contributed by atoms with Gasteiger partial charge in [-0.25, -0.2) is 0 Å². The van der Waals surface area contributed by atoms with Gasteiger partial charge in [-0.2, -0.15) is 18.4 Å². The fraction of sp³-hybridized carbons (Fsp3) is 0.227. The Balaban J connectivity index is 2.13. The second kappa shape index (κ2) is 9.01. The molecule has 0 bridgehead atoms. The van der Waals surface area contributed by atoms with Crippen molar-refractivity contribution in [1.82, 2.24) is 4.90 Å². The molecule has 1 aliphatic rings. The fourth-order valence-corrected chi connectivity index (χ4v) is 3.85. The van der Waals surface area contributed by atoms with Gasteiger partial charge in [0.05, 0.1) is 23.6 Å². The molecule has 0 unspecified atom stereocenters. The number of nitrogens with zero attached hydrogens (tertiary/aromatic N) is 2. The van der Waals surface area contributed by atoms with E-state index >= 15 is 0 Å². The molecule has 2 aromatic carbocycles. The summed E-state index contributed by atoms with van der Waals surface area (Å²) in [6.45, 7) is -1.63. The van der Waals surface area contributed by atoms with Gasteiger partial charge in [0.1, 0.15) is 6.54 Å². The van der Waals surface area contributed by atoms with E-state index in [0.29, 0.717) is 4.90 Å². The monoisotopic (exact) mass is 441 g/mol. The Morgan fingerprint density at radius 3 is 2.50 bits per heavy atom. The molecular formula is C22H18F3N5O2. The summed E-state index contributed by atoms with van der Waals surface area (Å²) in [6.07, 6.45) is -3.26. The highest BCUT2D eigenvalue weighted by atomic mass is 19.4. The van der Waals surface area contributed by atoms with Crippen LogP contribution in [0.2, 0.25) is 0 Å². The molecule has 3 N–H and O–H groups in total. The number of fused-ring (bicyclic) bond motifs is 1. The molecule has 3 rings (SSSR count). The number of carbonyl (C=O) groups excluding carboxylic acids is 2. The third-order valence-corrected chi connectivity index (χ3v) is 5.16. The van der Waals surface area contributed by atoms with Crippen molar-refractivity contribution in [2.75, 3.05) is 11.9 Å². The SMILES string of the molecule is N#Cc1cccc(NC(=O)[C@H]2c3ccccc3C(=O)N(CC(F)(F)F)[C@@H]2C(C=N)C=N)c1. The van der Waals surface area contributed by atoms with Crippen LogP contribution in [-0.4, -0.2) is 47.9 Å². The maximum absolute atomic E-state index is 13.4. The molecule has 2 atom stereocenters. The van der Waals surface area contributed by atoms with Crippen LogP contribution in [0.4, 0.5) is 18.9 Å². The predicted molar refractivity (Wildman–Crippen MR) is 111 cm³/mol. The summed E-state index contributed by atoms with van der Waals surface area (Å²) in [6, 6.07) is 12.4. The lowest BCUT2D eigenvalue weighted by Gasteiger charge is -2.43. The smallest absolute Gasteiger partial charge is 0.325 e. The number of anilines is 1. The molecule has 0 spiro atoms. The largest absolute Gasteiger partial charge is 0.406 e. The molecule has 1 aliphatic heterocycles. The Morgan fingerprint density at radius 2 is 1.88 bits per heavy atom.